The van der Waals surface area contributed by atoms with Gasteiger partial charge in [-0.2, -0.15) is 0 Å². The van der Waals surface area contributed by atoms with E-state index in [0.717, 1.165) is 13.0 Å². The summed E-state index contributed by atoms with van der Waals surface area (Å²) in [6, 6.07) is -1.13. The lowest BCUT2D eigenvalue weighted by atomic mass is 10.1. The van der Waals surface area contributed by atoms with E-state index in [-0.39, 0.29) is 18.6 Å². The molecule has 0 bridgehead atoms. The molecular formula is C13H22O. The molecule has 1 heteroatoms. The van der Waals surface area contributed by atoms with Gasteiger partial charge in [-0.25, -0.2) is 0 Å². The molecule has 0 fully saturated rings. The Morgan fingerprint density at radius 1 is 1.50 bits per heavy atom. The van der Waals surface area contributed by atoms with E-state index in [9.17, 15) is 4.79 Å². The Bertz CT molecular complexity index is 564. The first-order valence-electron chi connectivity index (χ1n) is 9.75. The highest BCUT2D eigenvalue weighted by atomic mass is 16.1. The number of ketones is 1. The average molecular weight is 205 g/mol. The van der Waals surface area contributed by atoms with Gasteiger partial charge in [-0.3, -0.25) is 0 Å². The molecule has 0 amide bonds. The molecule has 1 nitrogen and oxygen atoms in total. The zero-order chi connectivity index (χ0) is 20.4. The fraction of sp³-hybridized carbons (Fsp3) is 0.615. The van der Waals surface area contributed by atoms with Gasteiger partial charge in [0.05, 0.1) is 1.37 Å². The summed E-state index contributed by atoms with van der Waals surface area (Å²) in [4.78, 5) is 11.0. The van der Waals surface area contributed by atoms with E-state index in [0.29, 0.717) is 0 Å². The van der Waals surface area contributed by atoms with E-state index in [1.807, 2.05) is 0 Å². The average Bonchev–Trinajstić information content (AvgIpc) is 2.38. The van der Waals surface area contributed by atoms with Crippen molar-refractivity contribution < 1.29 is 19.9 Å². The van der Waals surface area contributed by atoms with Crippen LogP contribution in [0.25, 0.3) is 0 Å². The van der Waals surface area contributed by atoms with Crippen LogP contribution in [0.5, 0.6) is 0 Å². The standard InChI is InChI=1S/C13H22O/c1-11(2)7-5-8-12(3)9-6-10-13(4)14/h7,9H,5-6,8,10H2,1-4H3/b12-9+/i1D3,3D3,5D2,7D,8D2/b11-7+,12-9+. The highest BCUT2D eigenvalue weighted by Gasteiger charge is 1.92. The zero-order valence-electron chi connectivity index (χ0n) is 19.4. The number of carbonyl (C=O) groups excluding carboxylic acids is 1. The number of allylic oxidation sites excluding steroid dienone is 4. The van der Waals surface area contributed by atoms with Gasteiger partial charge in [-0.15, -0.1) is 0 Å². The summed E-state index contributed by atoms with van der Waals surface area (Å²) in [6.45, 7) is -3.56. The first-order valence-corrected chi connectivity index (χ1v) is 4.25. The molecule has 0 N–H and O–H groups in total. The van der Waals surface area contributed by atoms with Crippen LogP contribution in [0.15, 0.2) is 23.3 Å². The molecule has 0 unspecified atom stereocenters. The Kier molecular flexibility index (Phi) is 1.95. The largest absolute Gasteiger partial charge is 0.300 e. The molecule has 0 rings (SSSR count). The summed E-state index contributed by atoms with van der Waals surface area (Å²) in [5, 5.41) is 0. The maximum atomic E-state index is 11.0. The Hall–Kier alpha value is -0.850. The molecule has 0 saturated heterocycles. The number of carbonyl (C=O) groups is 1. The van der Waals surface area contributed by atoms with Crippen molar-refractivity contribution in [3.8, 4) is 0 Å². The Morgan fingerprint density at radius 2 is 2.29 bits per heavy atom. The lowest BCUT2D eigenvalue weighted by Crippen LogP contribution is -1.87. The second kappa shape index (κ2) is 7.54. The maximum Gasteiger partial charge on any atom is 0.130 e. The highest BCUT2D eigenvalue weighted by Crippen LogP contribution is 2.08. The van der Waals surface area contributed by atoms with Crippen molar-refractivity contribution in [1.82, 2.24) is 0 Å². The van der Waals surface area contributed by atoms with Crippen molar-refractivity contribution in [2.75, 3.05) is 0 Å². The van der Waals surface area contributed by atoms with Crippen LogP contribution in [0.3, 0.4) is 0 Å². The van der Waals surface area contributed by atoms with E-state index in [1.54, 1.807) is 0 Å². The molecule has 0 aromatic carbocycles. The normalized spacial score (nSPS) is 29.3. The van der Waals surface area contributed by atoms with Gasteiger partial charge in [0.2, 0.25) is 0 Å². The molecule has 0 aromatic heterocycles. The van der Waals surface area contributed by atoms with Gasteiger partial charge in [-0.1, -0.05) is 23.3 Å². The molecule has 0 heterocycles. The van der Waals surface area contributed by atoms with Crippen molar-refractivity contribution in [3.05, 3.63) is 23.3 Å². The van der Waals surface area contributed by atoms with Crippen molar-refractivity contribution in [3.63, 3.8) is 0 Å². The number of rotatable bonds is 6. The summed E-state index contributed by atoms with van der Waals surface area (Å²) >= 11 is 0. The van der Waals surface area contributed by atoms with Crippen molar-refractivity contribution in [1.29, 1.82) is 0 Å². The predicted molar refractivity (Wildman–Crippen MR) is 62.3 cm³/mol. The fourth-order valence-electron chi connectivity index (χ4n) is 0.663. The van der Waals surface area contributed by atoms with Crippen LogP contribution < -0.4 is 0 Å². The van der Waals surface area contributed by atoms with Crippen LogP contribution in [0.2, 0.25) is 0 Å². The first-order chi connectivity index (χ1) is 10.9. The SMILES string of the molecule is [2H]/C(=C(\C)C([2H])([2H])[2H])C([2H])([2H])C([2H])([2H])/C(=C/CCC(C)=O)C([2H])([2H])[2H]. The first kappa shape index (κ1) is 3.62. The molecule has 14 heavy (non-hydrogen) atoms. The zero-order valence-corrected chi connectivity index (χ0v) is 8.40. The molecular weight excluding hydrogens is 172 g/mol. The molecule has 0 aromatic rings. The van der Waals surface area contributed by atoms with E-state index in [4.69, 9.17) is 15.1 Å². The van der Waals surface area contributed by atoms with Gasteiger partial charge in [0.25, 0.3) is 0 Å². The van der Waals surface area contributed by atoms with E-state index in [2.05, 4.69) is 0 Å². The topological polar surface area (TPSA) is 17.1 Å². The minimum Gasteiger partial charge on any atom is -0.300 e. The Balaban J connectivity index is 6.21. The van der Waals surface area contributed by atoms with Crippen molar-refractivity contribution in [2.45, 2.75) is 53.1 Å². The van der Waals surface area contributed by atoms with Gasteiger partial charge < -0.3 is 4.79 Å². The monoisotopic (exact) mass is 205 g/mol. The van der Waals surface area contributed by atoms with Gasteiger partial charge in [0.1, 0.15) is 5.78 Å². The summed E-state index contributed by atoms with van der Waals surface area (Å²) < 4.78 is 83.7. The molecule has 0 aliphatic heterocycles. The third-order valence-electron chi connectivity index (χ3n) is 1.29. The third kappa shape index (κ3) is 9.24. The maximum absolute atomic E-state index is 11.0. The number of Topliss-reactive ketones (excluding diaryl/α,β-unsaturated/α-hetero) is 1. The lowest BCUT2D eigenvalue weighted by Gasteiger charge is -1.98. The van der Waals surface area contributed by atoms with Crippen LogP contribution in [0.4, 0.5) is 0 Å². The molecule has 0 aliphatic carbocycles. The number of hydrogen-bond donors (Lipinski definition) is 0. The molecule has 0 radical (unpaired) electrons. The highest BCUT2D eigenvalue weighted by molar-refractivity contribution is 5.75. The fourth-order valence-corrected chi connectivity index (χ4v) is 0.663. The third-order valence-corrected chi connectivity index (χ3v) is 1.29. The van der Waals surface area contributed by atoms with E-state index in [1.165, 1.54) is 6.92 Å². The van der Waals surface area contributed by atoms with Crippen LogP contribution >= 0.6 is 0 Å². The van der Waals surface area contributed by atoms with Gasteiger partial charge in [-0.05, 0) is 46.7 Å². The minimum absolute atomic E-state index is 0.0451. The van der Waals surface area contributed by atoms with Crippen LogP contribution in [-0.2, 0) is 4.79 Å². The van der Waals surface area contributed by atoms with Gasteiger partial charge in [0, 0.05) is 20.1 Å². The van der Waals surface area contributed by atoms with Crippen LogP contribution in [-0.4, -0.2) is 5.78 Å². The summed E-state index contributed by atoms with van der Waals surface area (Å²) in [7, 11) is 0. The molecule has 0 atom stereocenters. The molecule has 0 spiro atoms. The summed E-state index contributed by atoms with van der Waals surface area (Å²) in [5.41, 5.74) is -1.55. The molecule has 80 valence electrons. The quantitative estimate of drug-likeness (QED) is 0.598. The van der Waals surface area contributed by atoms with Crippen LogP contribution in [0.1, 0.15) is 68.2 Å². The van der Waals surface area contributed by atoms with Crippen molar-refractivity contribution >= 4 is 5.78 Å². The Labute approximate surface area is 103 Å². The second-order valence-electron chi connectivity index (χ2n) is 2.86. The summed E-state index contributed by atoms with van der Waals surface area (Å²) in [5.74, 6) is -0.246. The number of hydrogen-bond acceptors (Lipinski definition) is 1. The summed E-state index contributed by atoms with van der Waals surface area (Å²) in [6.07, 6.45) is -5.57. The van der Waals surface area contributed by atoms with E-state index < -0.39 is 43.6 Å². The smallest absolute Gasteiger partial charge is 0.130 e. The molecule has 0 saturated carbocycles. The molecule has 0 aliphatic rings. The van der Waals surface area contributed by atoms with Gasteiger partial charge >= 0.3 is 0 Å². The van der Waals surface area contributed by atoms with Gasteiger partial charge in [0.15, 0.2) is 0 Å². The predicted octanol–water partition coefficient (Wildman–Crippen LogP) is 4.05. The second-order valence-corrected chi connectivity index (χ2v) is 2.86. The van der Waals surface area contributed by atoms with Crippen LogP contribution in [0, 0.1) is 0 Å². The van der Waals surface area contributed by atoms with Crippen molar-refractivity contribution in [2.24, 2.45) is 0 Å². The van der Waals surface area contributed by atoms with E-state index >= 15 is 0 Å². The Morgan fingerprint density at radius 3 is 2.86 bits per heavy atom. The lowest BCUT2D eigenvalue weighted by molar-refractivity contribution is -0.116. The minimum atomic E-state index is -3.19.